The molecule has 3 heterocycles. The van der Waals surface area contributed by atoms with Crippen molar-refractivity contribution in [3.05, 3.63) is 48.6 Å². The van der Waals surface area contributed by atoms with Crippen molar-refractivity contribution in [2.75, 3.05) is 26.4 Å². The summed E-state index contributed by atoms with van der Waals surface area (Å²) >= 11 is 0. The van der Waals surface area contributed by atoms with Gasteiger partial charge in [-0.3, -0.25) is 4.79 Å². The Morgan fingerprint density at radius 2 is 0.779 bits per heavy atom. The lowest BCUT2D eigenvalue weighted by atomic mass is 9.96. The number of carbonyl (C=O) groups excluding carboxylic acids is 1. The average Bonchev–Trinajstić information content (AvgIpc) is 2.32. The normalized spacial score (nSPS) is 29.1. The summed E-state index contributed by atoms with van der Waals surface area (Å²) in [4.78, 5) is 13.4. The van der Waals surface area contributed by atoms with Gasteiger partial charge in [0, 0.05) is 6.42 Å². The molecule has 19 nitrogen and oxygen atoms in total. The van der Waals surface area contributed by atoms with Gasteiger partial charge >= 0.3 is 0 Å². The number of nitrogens with one attached hydrogen (secondary N) is 1. The van der Waals surface area contributed by atoms with E-state index >= 15 is 0 Å². The van der Waals surface area contributed by atoms with Crippen molar-refractivity contribution in [1.29, 1.82) is 0 Å². The van der Waals surface area contributed by atoms with Crippen LogP contribution < -0.4 is 5.32 Å². The van der Waals surface area contributed by atoms with Crippen molar-refractivity contribution in [3.63, 3.8) is 0 Å². The van der Waals surface area contributed by atoms with E-state index in [9.17, 15) is 61.0 Å². The lowest BCUT2D eigenvalue weighted by Gasteiger charge is -2.48. The minimum absolute atomic E-state index is 0.219. The Kier molecular flexibility index (Phi) is 44.8. The summed E-state index contributed by atoms with van der Waals surface area (Å²) < 4.78 is 34.3. The molecule has 19 heteroatoms. The van der Waals surface area contributed by atoms with E-state index in [1.54, 1.807) is 6.08 Å². The number of allylic oxidation sites excluding steroid dienone is 7. The highest BCUT2D eigenvalue weighted by Crippen LogP contribution is 2.33. The highest BCUT2D eigenvalue weighted by molar-refractivity contribution is 5.76. The van der Waals surface area contributed by atoms with Crippen LogP contribution >= 0.6 is 0 Å². The number of ether oxygens (including phenoxy) is 6. The summed E-state index contributed by atoms with van der Waals surface area (Å²) in [5.41, 5.74) is 0. The zero-order valence-electron chi connectivity index (χ0n) is 52.8. The number of unbranched alkanes of at least 4 members (excludes halogenated alkanes) is 29. The van der Waals surface area contributed by atoms with Gasteiger partial charge in [-0.2, -0.15) is 0 Å². The average molecular weight is 1230 g/mol. The molecular formula is C67H121NO18. The number of hydrogen-bond donors (Lipinski definition) is 12. The van der Waals surface area contributed by atoms with Crippen molar-refractivity contribution >= 4 is 5.91 Å². The first-order valence-electron chi connectivity index (χ1n) is 33.9. The quantitative estimate of drug-likeness (QED) is 0.0202. The maximum Gasteiger partial charge on any atom is 0.220 e. The number of hydrogen-bond acceptors (Lipinski definition) is 18. The first kappa shape index (κ1) is 78.0. The molecule has 3 aliphatic heterocycles. The summed E-state index contributed by atoms with van der Waals surface area (Å²) in [7, 11) is 0. The van der Waals surface area contributed by atoms with E-state index < -0.39 is 124 Å². The topological polar surface area (TPSA) is 307 Å². The monoisotopic (exact) mass is 1230 g/mol. The van der Waals surface area contributed by atoms with Gasteiger partial charge in [0.15, 0.2) is 18.9 Å². The van der Waals surface area contributed by atoms with Crippen molar-refractivity contribution in [2.24, 2.45) is 0 Å². The number of amides is 1. The first-order valence-corrected chi connectivity index (χ1v) is 33.9. The number of aliphatic hydroxyl groups excluding tert-OH is 11. The van der Waals surface area contributed by atoms with Crippen LogP contribution in [0.3, 0.4) is 0 Å². The molecule has 0 radical (unpaired) electrons. The molecule has 1 amide bonds. The Hall–Kier alpha value is -2.25. The molecule has 0 aromatic heterocycles. The molecule has 3 rings (SSSR count). The molecule has 0 aliphatic carbocycles. The van der Waals surface area contributed by atoms with Gasteiger partial charge in [0.25, 0.3) is 0 Å². The largest absolute Gasteiger partial charge is 0.394 e. The van der Waals surface area contributed by atoms with Crippen LogP contribution in [0.2, 0.25) is 0 Å². The van der Waals surface area contributed by atoms with E-state index in [4.69, 9.17) is 28.4 Å². The van der Waals surface area contributed by atoms with Crippen LogP contribution in [0.5, 0.6) is 0 Å². The summed E-state index contributed by atoms with van der Waals surface area (Å²) in [6, 6.07) is -0.998. The van der Waals surface area contributed by atoms with Gasteiger partial charge in [-0.25, -0.2) is 0 Å². The molecule has 0 spiro atoms. The summed E-state index contributed by atoms with van der Waals surface area (Å²) in [6.45, 7) is 1.69. The van der Waals surface area contributed by atoms with Gasteiger partial charge in [-0.15, -0.1) is 0 Å². The molecule has 3 fully saturated rings. The zero-order valence-corrected chi connectivity index (χ0v) is 52.8. The molecule has 3 aliphatic rings. The Bertz CT molecular complexity index is 1750. The fraction of sp³-hybridized carbons (Fsp3) is 0.866. The molecule has 0 aromatic rings. The van der Waals surface area contributed by atoms with Crippen LogP contribution in [-0.4, -0.2) is 193 Å². The van der Waals surface area contributed by atoms with Gasteiger partial charge < -0.3 is 89.9 Å². The summed E-state index contributed by atoms with van der Waals surface area (Å²) in [6.07, 6.45) is 30.9. The van der Waals surface area contributed by atoms with E-state index in [1.807, 2.05) is 6.08 Å². The van der Waals surface area contributed by atoms with Crippen LogP contribution in [0.4, 0.5) is 0 Å². The van der Waals surface area contributed by atoms with Gasteiger partial charge in [0.1, 0.15) is 73.2 Å². The Morgan fingerprint density at radius 1 is 0.419 bits per heavy atom. The van der Waals surface area contributed by atoms with E-state index in [0.29, 0.717) is 12.8 Å². The maximum absolute atomic E-state index is 13.4. The van der Waals surface area contributed by atoms with Gasteiger partial charge in [-0.1, -0.05) is 217 Å². The van der Waals surface area contributed by atoms with Crippen LogP contribution in [0.15, 0.2) is 48.6 Å². The smallest absolute Gasteiger partial charge is 0.220 e. The van der Waals surface area contributed by atoms with Crippen molar-refractivity contribution in [2.45, 2.75) is 343 Å². The van der Waals surface area contributed by atoms with Crippen molar-refractivity contribution in [1.82, 2.24) is 5.32 Å². The van der Waals surface area contributed by atoms with E-state index in [1.165, 1.54) is 141 Å². The maximum atomic E-state index is 13.4. The number of carbonyl (C=O) groups is 1. The second-order valence-corrected chi connectivity index (χ2v) is 24.3. The molecule has 0 aromatic carbocycles. The highest BCUT2D eigenvalue weighted by atomic mass is 16.8. The lowest BCUT2D eigenvalue weighted by Crippen LogP contribution is -2.66. The predicted molar refractivity (Wildman–Crippen MR) is 332 cm³/mol. The van der Waals surface area contributed by atoms with Crippen LogP contribution in [-0.2, 0) is 33.2 Å². The standard InChI is InChI=1S/C67H121NO18/c1-3-5-7-9-11-13-15-17-19-21-22-23-24-25-26-27-28-29-30-32-34-36-38-40-42-44-51(72)50(68-55(73)45-43-41-39-37-35-33-31-20-18-16-14-12-10-8-6-4-2)49-81-65-61(79)58(76)63(53(47-70)83-65)86-67-62(80)59(77)64(54(48-71)84-67)85-66-60(78)57(75)56(74)52(46-69)82-66/h14,16,20,31,34,36,42,44,50-54,56-67,69-72,74-80H,3-13,15,17-19,21-30,32-33,35,37-41,43,45-49H2,1-2H3,(H,68,73)/b16-14-,31-20-,36-34+,44-42+. The van der Waals surface area contributed by atoms with Gasteiger partial charge in [0.05, 0.1) is 38.6 Å². The minimum Gasteiger partial charge on any atom is -0.394 e. The Balaban J connectivity index is 1.46. The van der Waals surface area contributed by atoms with E-state index in [-0.39, 0.29) is 18.9 Å². The third kappa shape index (κ3) is 31.7. The Morgan fingerprint density at radius 3 is 1.24 bits per heavy atom. The minimum atomic E-state index is -1.98. The zero-order chi connectivity index (χ0) is 62.6. The van der Waals surface area contributed by atoms with E-state index in [2.05, 4.69) is 55.6 Å². The molecule has 0 bridgehead atoms. The van der Waals surface area contributed by atoms with E-state index in [0.717, 1.165) is 64.2 Å². The predicted octanol–water partition coefficient (Wildman–Crippen LogP) is 8.22. The fourth-order valence-corrected chi connectivity index (χ4v) is 11.3. The van der Waals surface area contributed by atoms with Gasteiger partial charge in [0.2, 0.25) is 5.91 Å². The van der Waals surface area contributed by atoms with Crippen LogP contribution in [0.25, 0.3) is 0 Å². The first-order chi connectivity index (χ1) is 41.8. The van der Waals surface area contributed by atoms with Crippen molar-refractivity contribution in [3.8, 4) is 0 Å². The fourth-order valence-electron chi connectivity index (χ4n) is 11.3. The molecular weight excluding hydrogens is 1110 g/mol. The molecule has 502 valence electrons. The SMILES string of the molecule is CCCCCC/C=C\C/C=C\CCCCCCCC(=O)NC(COC1OC(CO)C(OC2OC(CO)C(OC3OC(CO)C(O)C(O)C3O)C(O)C2O)C(O)C1O)C(O)/C=C/CC/C=C/CCCCCCCCCCCCCCCCCCCCC. The van der Waals surface area contributed by atoms with Crippen LogP contribution in [0.1, 0.15) is 239 Å². The molecule has 17 unspecified atom stereocenters. The second-order valence-electron chi connectivity index (χ2n) is 24.3. The third-order valence-electron chi connectivity index (χ3n) is 16.8. The Labute approximate surface area is 516 Å². The highest BCUT2D eigenvalue weighted by Gasteiger charge is 2.53. The number of rotatable bonds is 51. The number of aliphatic hydroxyl groups is 11. The van der Waals surface area contributed by atoms with Crippen molar-refractivity contribution < 1.29 is 89.4 Å². The molecule has 17 atom stereocenters. The third-order valence-corrected chi connectivity index (χ3v) is 16.8. The molecule has 3 saturated heterocycles. The lowest BCUT2D eigenvalue weighted by molar-refractivity contribution is -0.379. The molecule has 12 N–H and O–H groups in total. The summed E-state index contributed by atoms with van der Waals surface area (Å²) in [5.74, 6) is -0.299. The molecule has 86 heavy (non-hydrogen) atoms. The van der Waals surface area contributed by atoms with Crippen LogP contribution in [0, 0.1) is 0 Å². The molecule has 0 saturated carbocycles. The van der Waals surface area contributed by atoms with Gasteiger partial charge in [-0.05, 0) is 64.2 Å². The second kappa shape index (κ2) is 49.5. The summed E-state index contributed by atoms with van der Waals surface area (Å²) in [5, 5.41) is 120.